The first-order valence-corrected chi connectivity index (χ1v) is 14.1. The van der Waals surface area contributed by atoms with Crippen LogP contribution in [0.4, 0.5) is 0 Å². The fraction of sp³-hybridized carbons (Fsp3) is 1.00. The number of hydrogen-bond donors (Lipinski definition) is 0. The van der Waals surface area contributed by atoms with Crippen molar-refractivity contribution in [3.05, 3.63) is 0 Å². The molecule has 0 radical (unpaired) electrons. The fourth-order valence-corrected chi connectivity index (χ4v) is 8.02. The van der Waals surface area contributed by atoms with E-state index in [1.54, 1.807) is 0 Å². The lowest BCUT2D eigenvalue weighted by atomic mass is 9.73. The molecule has 5 fully saturated rings. The Morgan fingerprint density at radius 3 is 0.967 bits per heavy atom. The second kappa shape index (κ2) is 9.82. The van der Waals surface area contributed by atoms with Gasteiger partial charge in [-0.05, 0) is 86.9 Å². The zero-order chi connectivity index (χ0) is 20.5. The van der Waals surface area contributed by atoms with Crippen LogP contribution in [0.1, 0.15) is 117 Å². The molecule has 5 rings (SSSR count). The molecular weight excluding hydrogens is 368 g/mol. The predicted octanol–water partition coefficient (Wildman–Crippen LogP) is 7.54. The van der Waals surface area contributed by atoms with E-state index < -0.39 is 0 Å². The highest BCUT2D eigenvalue weighted by Gasteiger charge is 2.53. The molecule has 172 valence electrons. The van der Waals surface area contributed by atoms with Gasteiger partial charge < -0.3 is 9.47 Å². The Balaban J connectivity index is 0.997. The Bertz CT molecular complexity index is 475. The van der Waals surface area contributed by atoms with Crippen LogP contribution in [-0.2, 0) is 9.47 Å². The summed E-state index contributed by atoms with van der Waals surface area (Å²) in [6.45, 7) is 4.69. The summed E-state index contributed by atoms with van der Waals surface area (Å²) < 4.78 is 12.6. The zero-order valence-electron chi connectivity index (χ0n) is 19.9. The number of rotatable bonds is 8. The van der Waals surface area contributed by atoms with E-state index in [0.717, 1.165) is 35.5 Å². The molecule has 3 saturated carbocycles. The van der Waals surface area contributed by atoms with Gasteiger partial charge in [-0.15, -0.1) is 0 Å². The second-order valence-electron chi connectivity index (χ2n) is 11.9. The normalized spacial score (nSPS) is 49.0. The molecule has 0 aromatic rings. The molecule has 4 unspecified atom stereocenters. The molecule has 2 saturated heterocycles. The van der Waals surface area contributed by atoms with Gasteiger partial charge in [0.2, 0.25) is 0 Å². The van der Waals surface area contributed by atoms with E-state index in [1.165, 1.54) is 103 Å². The van der Waals surface area contributed by atoms with Gasteiger partial charge in [-0.25, -0.2) is 0 Å². The van der Waals surface area contributed by atoms with E-state index >= 15 is 0 Å². The topological polar surface area (TPSA) is 25.1 Å². The van der Waals surface area contributed by atoms with Gasteiger partial charge in [0, 0.05) is 0 Å². The van der Waals surface area contributed by atoms with E-state index in [4.69, 9.17) is 9.47 Å². The van der Waals surface area contributed by atoms with E-state index in [9.17, 15) is 0 Å². The van der Waals surface area contributed by atoms with Crippen LogP contribution < -0.4 is 0 Å². The van der Waals surface area contributed by atoms with Gasteiger partial charge >= 0.3 is 0 Å². The van der Waals surface area contributed by atoms with Crippen molar-refractivity contribution < 1.29 is 9.47 Å². The molecule has 2 nitrogen and oxygen atoms in total. The smallest absolute Gasteiger partial charge is 0.0872 e. The van der Waals surface area contributed by atoms with Crippen LogP contribution in [0.3, 0.4) is 0 Å². The molecular formula is C28H48O2. The molecule has 30 heavy (non-hydrogen) atoms. The number of hydrogen-bond acceptors (Lipinski definition) is 2. The van der Waals surface area contributed by atoms with Crippen LogP contribution >= 0.6 is 0 Å². The van der Waals surface area contributed by atoms with Gasteiger partial charge in [0.25, 0.3) is 0 Å². The van der Waals surface area contributed by atoms with Gasteiger partial charge in [0.1, 0.15) is 0 Å². The van der Waals surface area contributed by atoms with Crippen molar-refractivity contribution in [1.82, 2.24) is 0 Å². The minimum absolute atomic E-state index is 0.628. The predicted molar refractivity (Wildman–Crippen MR) is 123 cm³/mol. The highest BCUT2D eigenvalue weighted by atomic mass is 16.6. The van der Waals surface area contributed by atoms with E-state index in [-0.39, 0.29) is 0 Å². The summed E-state index contributed by atoms with van der Waals surface area (Å²) >= 11 is 0. The van der Waals surface area contributed by atoms with Crippen molar-refractivity contribution in [2.45, 2.75) is 141 Å². The molecule has 2 heteroatoms. The first-order chi connectivity index (χ1) is 14.8. The maximum Gasteiger partial charge on any atom is 0.0872 e. The van der Waals surface area contributed by atoms with Gasteiger partial charge in [0.15, 0.2) is 0 Å². The average molecular weight is 417 g/mol. The van der Waals surface area contributed by atoms with Gasteiger partial charge in [-0.3, -0.25) is 0 Å². The first-order valence-electron chi connectivity index (χ1n) is 14.1. The van der Waals surface area contributed by atoms with Crippen LogP contribution in [0.15, 0.2) is 0 Å². The molecule has 4 atom stereocenters. The maximum atomic E-state index is 6.32. The molecule has 0 bridgehead atoms. The maximum absolute atomic E-state index is 6.32. The fourth-order valence-electron chi connectivity index (χ4n) is 8.02. The highest BCUT2D eigenvalue weighted by Crippen LogP contribution is 2.51. The Labute approximate surface area is 186 Å². The number of ether oxygens (including phenoxy) is 2. The molecule has 0 aromatic heterocycles. The number of epoxide rings is 2. The van der Waals surface area contributed by atoms with E-state index in [0.29, 0.717) is 24.4 Å². The van der Waals surface area contributed by atoms with E-state index in [2.05, 4.69) is 13.8 Å². The van der Waals surface area contributed by atoms with Crippen LogP contribution in [0.25, 0.3) is 0 Å². The minimum atomic E-state index is 0.628. The Morgan fingerprint density at radius 1 is 0.433 bits per heavy atom. The monoisotopic (exact) mass is 416 g/mol. The molecule has 3 aliphatic carbocycles. The summed E-state index contributed by atoms with van der Waals surface area (Å²) in [4.78, 5) is 0. The van der Waals surface area contributed by atoms with Crippen molar-refractivity contribution in [2.75, 3.05) is 0 Å². The van der Waals surface area contributed by atoms with Crippen LogP contribution in [0.5, 0.6) is 0 Å². The molecule has 2 aliphatic heterocycles. The Hall–Kier alpha value is -0.0800. The standard InChI is InChI=1S/C28H48O2/c1-3-5-19-7-11-21(12-8-19)25-27(29-25)23-15-17-24(18-16-23)28-26(30-28)22-13-9-20(6-4-2)10-14-22/h19-28H,3-18H2,1-2H3/t19-,20-,21-,22-,23-,24-,25?,26?,27?,28?. The van der Waals surface area contributed by atoms with Crippen LogP contribution in [0.2, 0.25) is 0 Å². The average Bonchev–Trinajstić information content (AvgIpc) is 3.69. The Morgan fingerprint density at radius 2 is 0.700 bits per heavy atom. The summed E-state index contributed by atoms with van der Waals surface area (Å²) in [6, 6.07) is 0. The van der Waals surface area contributed by atoms with Gasteiger partial charge in [-0.1, -0.05) is 65.2 Å². The lowest BCUT2D eigenvalue weighted by Gasteiger charge is -2.30. The lowest BCUT2D eigenvalue weighted by Crippen LogP contribution is -2.27. The highest BCUT2D eigenvalue weighted by molar-refractivity contribution is 5.01. The van der Waals surface area contributed by atoms with Crippen molar-refractivity contribution >= 4 is 0 Å². The van der Waals surface area contributed by atoms with Crippen LogP contribution in [0, 0.1) is 35.5 Å². The lowest BCUT2D eigenvalue weighted by molar-refractivity contribution is 0.188. The third kappa shape index (κ3) is 4.95. The third-order valence-corrected chi connectivity index (χ3v) is 9.97. The van der Waals surface area contributed by atoms with Gasteiger partial charge in [-0.2, -0.15) is 0 Å². The summed E-state index contributed by atoms with van der Waals surface area (Å²) in [6.07, 6.45) is 25.5. The van der Waals surface area contributed by atoms with Gasteiger partial charge in [0.05, 0.1) is 24.4 Å². The molecule has 0 amide bonds. The first kappa shape index (κ1) is 21.7. The van der Waals surface area contributed by atoms with Crippen molar-refractivity contribution in [1.29, 1.82) is 0 Å². The molecule has 2 heterocycles. The summed E-state index contributed by atoms with van der Waals surface area (Å²) in [5, 5.41) is 0. The summed E-state index contributed by atoms with van der Waals surface area (Å²) in [5.41, 5.74) is 0. The second-order valence-corrected chi connectivity index (χ2v) is 11.9. The van der Waals surface area contributed by atoms with Crippen molar-refractivity contribution in [3.8, 4) is 0 Å². The SMILES string of the molecule is CCC[C@H]1CC[C@H](C2OC2[C@H]2CC[C@H](C3OC3[C@H]3CC[C@H](CCC)CC3)CC2)CC1. The quantitative estimate of drug-likeness (QED) is 0.382. The largest absolute Gasteiger partial charge is 0.369 e. The molecule has 0 aromatic carbocycles. The van der Waals surface area contributed by atoms with Crippen molar-refractivity contribution in [3.63, 3.8) is 0 Å². The summed E-state index contributed by atoms with van der Waals surface area (Å²) in [5.74, 6) is 5.54. The summed E-state index contributed by atoms with van der Waals surface area (Å²) in [7, 11) is 0. The minimum Gasteiger partial charge on any atom is -0.369 e. The van der Waals surface area contributed by atoms with Crippen molar-refractivity contribution in [2.24, 2.45) is 35.5 Å². The Kier molecular flexibility index (Phi) is 7.12. The molecule has 5 aliphatic rings. The zero-order valence-corrected chi connectivity index (χ0v) is 19.9. The molecule has 0 spiro atoms. The molecule has 0 N–H and O–H groups in total. The van der Waals surface area contributed by atoms with Crippen LogP contribution in [-0.4, -0.2) is 24.4 Å². The van der Waals surface area contributed by atoms with E-state index in [1.807, 2.05) is 0 Å². The third-order valence-electron chi connectivity index (χ3n) is 9.97.